The van der Waals surface area contributed by atoms with Crippen LogP contribution in [0.5, 0.6) is 5.75 Å². The quantitative estimate of drug-likeness (QED) is 0.337. The Hall–Kier alpha value is -2.30. The number of benzene rings is 2. The summed E-state index contributed by atoms with van der Waals surface area (Å²) in [5, 5.41) is 0. The van der Waals surface area contributed by atoms with Gasteiger partial charge in [0.25, 0.3) is 0 Å². The van der Waals surface area contributed by atoms with Crippen molar-refractivity contribution in [3.05, 3.63) is 64.5 Å². The van der Waals surface area contributed by atoms with E-state index in [0.29, 0.717) is 0 Å². The van der Waals surface area contributed by atoms with Gasteiger partial charge in [-0.05, 0) is 43.5 Å². The minimum atomic E-state index is -1.68. The summed E-state index contributed by atoms with van der Waals surface area (Å²) >= 11 is 0. The van der Waals surface area contributed by atoms with Crippen molar-refractivity contribution in [3.63, 3.8) is 0 Å². The second-order valence-corrected chi connectivity index (χ2v) is 7.13. The highest BCUT2D eigenvalue weighted by Gasteiger charge is 2.22. The van der Waals surface area contributed by atoms with Gasteiger partial charge in [0.05, 0.1) is 5.56 Å². The summed E-state index contributed by atoms with van der Waals surface area (Å²) in [4.78, 5) is 11.8. The minimum absolute atomic E-state index is 0.167. The van der Waals surface area contributed by atoms with E-state index in [4.69, 9.17) is 4.74 Å². The maximum Gasteiger partial charge on any atom is 0.346 e. The Morgan fingerprint density at radius 1 is 0.926 bits per heavy atom. The van der Waals surface area contributed by atoms with Crippen LogP contribution in [-0.4, -0.2) is 5.97 Å². The number of esters is 1. The molecular formula is C22H25F3O2. The third kappa shape index (κ3) is 5.84. The Bertz CT molecular complexity index is 779. The normalized spacial score (nSPS) is 14.3. The van der Waals surface area contributed by atoms with Crippen LogP contribution in [0.2, 0.25) is 0 Å². The predicted octanol–water partition coefficient (Wildman–Crippen LogP) is 6.53. The molecule has 0 bridgehead atoms. The Kier molecular flexibility index (Phi) is 7.45. The number of hydrogen-bond acceptors (Lipinski definition) is 2. The van der Waals surface area contributed by atoms with E-state index in [2.05, 4.69) is 6.92 Å². The molecule has 1 saturated carbocycles. The van der Waals surface area contributed by atoms with Crippen molar-refractivity contribution < 1.29 is 22.7 Å². The molecule has 0 heterocycles. The third-order valence-corrected chi connectivity index (χ3v) is 4.67. The van der Waals surface area contributed by atoms with Gasteiger partial charge < -0.3 is 4.74 Å². The average Bonchev–Trinajstić information content (AvgIpc) is 2.66. The first-order chi connectivity index (χ1) is 12.8. The monoisotopic (exact) mass is 378 g/mol. The molecule has 0 N–H and O–H groups in total. The van der Waals surface area contributed by atoms with E-state index < -0.39 is 29.0 Å². The maximum atomic E-state index is 13.5. The van der Waals surface area contributed by atoms with Crippen molar-refractivity contribution in [1.82, 2.24) is 0 Å². The van der Waals surface area contributed by atoms with E-state index in [-0.39, 0.29) is 11.3 Å². The van der Waals surface area contributed by atoms with Crippen LogP contribution in [0.25, 0.3) is 0 Å². The second-order valence-electron chi connectivity index (χ2n) is 7.13. The molecule has 0 aliphatic heterocycles. The Labute approximate surface area is 158 Å². The van der Waals surface area contributed by atoms with E-state index in [9.17, 15) is 18.0 Å². The van der Waals surface area contributed by atoms with Gasteiger partial charge in [0.2, 0.25) is 0 Å². The van der Waals surface area contributed by atoms with E-state index in [1.807, 2.05) is 6.92 Å². The maximum absolute atomic E-state index is 13.5. The molecule has 2 aromatic carbocycles. The van der Waals surface area contributed by atoms with Gasteiger partial charge in [0.15, 0.2) is 17.5 Å². The molecule has 0 amide bonds. The highest BCUT2D eigenvalue weighted by atomic mass is 19.2. The summed E-state index contributed by atoms with van der Waals surface area (Å²) in [7, 11) is 0. The molecule has 27 heavy (non-hydrogen) atoms. The van der Waals surface area contributed by atoms with Crippen LogP contribution in [-0.2, 0) is 0 Å². The molecule has 0 radical (unpaired) electrons. The van der Waals surface area contributed by atoms with Gasteiger partial charge >= 0.3 is 5.97 Å². The molecule has 146 valence electrons. The Balaban J connectivity index is 0.000000313. The number of halogens is 3. The topological polar surface area (TPSA) is 26.3 Å². The molecule has 1 aliphatic carbocycles. The third-order valence-electron chi connectivity index (χ3n) is 4.67. The zero-order valence-electron chi connectivity index (χ0n) is 16.0. The van der Waals surface area contributed by atoms with E-state index in [1.54, 1.807) is 12.1 Å². The fourth-order valence-electron chi connectivity index (χ4n) is 2.95. The van der Waals surface area contributed by atoms with E-state index in [0.717, 1.165) is 17.5 Å². The molecule has 1 aliphatic rings. The van der Waals surface area contributed by atoms with Crippen LogP contribution >= 0.6 is 0 Å². The number of hydrogen-bond donors (Lipinski definition) is 0. The van der Waals surface area contributed by atoms with Gasteiger partial charge in [0, 0.05) is 0 Å². The largest absolute Gasteiger partial charge is 0.423 e. The first-order valence-electron chi connectivity index (χ1n) is 9.22. The number of aryl methyl sites for hydroxylation is 2. The molecule has 0 atom stereocenters. The fraction of sp³-hybridized carbons (Fsp3) is 0.409. The summed E-state index contributed by atoms with van der Waals surface area (Å²) in [6.07, 6.45) is 7.44. The molecule has 5 heteroatoms. The number of carbonyl (C=O) groups is 1. The number of rotatable bonds is 2. The van der Waals surface area contributed by atoms with Crippen LogP contribution in [0.3, 0.4) is 0 Å². The Morgan fingerprint density at radius 3 is 2.04 bits per heavy atom. The van der Waals surface area contributed by atoms with Crippen LogP contribution in [0.15, 0.2) is 30.3 Å². The van der Waals surface area contributed by atoms with Crippen molar-refractivity contribution in [2.75, 3.05) is 0 Å². The molecule has 0 aromatic heterocycles. The average molecular weight is 378 g/mol. The lowest BCUT2D eigenvalue weighted by Gasteiger charge is -2.15. The lowest BCUT2D eigenvalue weighted by Crippen LogP contribution is -2.13. The summed E-state index contributed by atoms with van der Waals surface area (Å²) in [6, 6.07) is 7.38. The predicted molar refractivity (Wildman–Crippen MR) is 99.4 cm³/mol. The minimum Gasteiger partial charge on any atom is -0.423 e. The number of ether oxygens (including phenoxy) is 1. The van der Waals surface area contributed by atoms with Crippen LogP contribution in [0, 0.1) is 37.2 Å². The molecule has 3 rings (SSSR count). The van der Waals surface area contributed by atoms with Gasteiger partial charge in [-0.25, -0.2) is 18.0 Å². The molecular weight excluding hydrogens is 353 g/mol. The zero-order valence-corrected chi connectivity index (χ0v) is 16.0. The molecule has 0 spiro atoms. The highest BCUT2D eigenvalue weighted by molar-refractivity contribution is 5.91. The highest BCUT2D eigenvalue weighted by Crippen LogP contribution is 2.22. The summed E-state index contributed by atoms with van der Waals surface area (Å²) in [5.41, 5.74) is 0.154. The van der Waals surface area contributed by atoms with Gasteiger partial charge in [0.1, 0.15) is 5.75 Å². The van der Waals surface area contributed by atoms with Crippen molar-refractivity contribution in [2.24, 2.45) is 5.92 Å². The lowest BCUT2D eigenvalue weighted by molar-refractivity contribution is 0.0728. The first kappa shape index (κ1) is 21.0. The SMILES string of the molecule is CC1CCCCC1.Cc1ccc(OC(=O)c2cc(C)c(F)c(F)c2F)cc1. The van der Waals surface area contributed by atoms with E-state index in [1.165, 1.54) is 51.2 Å². The van der Waals surface area contributed by atoms with Crippen LogP contribution < -0.4 is 4.74 Å². The summed E-state index contributed by atoms with van der Waals surface area (Å²) < 4.78 is 44.8. The van der Waals surface area contributed by atoms with Crippen LogP contribution in [0.4, 0.5) is 13.2 Å². The van der Waals surface area contributed by atoms with Gasteiger partial charge in [-0.3, -0.25) is 0 Å². The summed E-state index contributed by atoms with van der Waals surface area (Å²) in [5.74, 6) is -4.38. The van der Waals surface area contributed by atoms with Crippen LogP contribution in [0.1, 0.15) is 60.5 Å². The fourth-order valence-corrected chi connectivity index (χ4v) is 2.95. The molecule has 2 nitrogen and oxygen atoms in total. The van der Waals surface area contributed by atoms with Crippen molar-refractivity contribution >= 4 is 5.97 Å². The van der Waals surface area contributed by atoms with Crippen molar-refractivity contribution in [1.29, 1.82) is 0 Å². The number of carbonyl (C=O) groups excluding carboxylic acids is 1. The van der Waals surface area contributed by atoms with Gasteiger partial charge in [-0.1, -0.05) is 56.7 Å². The summed E-state index contributed by atoms with van der Waals surface area (Å²) in [6.45, 7) is 5.45. The molecule has 0 saturated heterocycles. The van der Waals surface area contributed by atoms with Gasteiger partial charge in [-0.2, -0.15) is 0 Å². The molecule has 2 aromatic rings. The zero-order chi connectivity index (χ0) is 20.0. The Morgan fingerprint density at radius 2 is 1.52 bits per heavy atom. The van der Waals surface area contributed by atoms with E-state index >= 15 is 0 Å². The van der Waals surface area contributed by atoms with Crippen molar-refractivity contribution in [2.45, 2.75) is 52.9 Å². The second kappa shape index (κ2) is 9.58. The smallest absolute Gasteiger partial charge is 0.346 e. The standard InChI is InChI=1S/C15H11F3O2.C7H14/c1-8-3-5-10(6-4-8)20-15(19)11-7-9(2)12(16)14(18)13(11)17;1-7-5-3-2-4-6-7/h3-7H,1-2H3;7H,2-6H2,1H3. The first-order valence-corrected chi connectivity index (χ1v) is 9.22. The van der Waals surface area contributed by atoms with Crippen molar-refractivity contribution in [3.8, 4) is 5.75 Å². The molecule has 1 fully saturated rings. The lowest BCUT2D eigenvalue weighted by atomic mass is 9.91. The molecule has 0 unspecified atom stereocenters. The van der Waals surface area contributed by atoms with Gasteiger partial charge in [-0.15, -0.1) is 0 Å².